The highest BCUT2D eigenvalue weighted by atomic mass is 32.2. The van der Waals surface area contributed by atoms with Crippen molar-refractivity contribution in [3.05, 3.63) is 0 Å². The average Bonchev–Trinajstić information content (AvgIpc) is 3.12. The van der Waals surface area contributed by atoms with Gasteiger partial charge < -0.3 is 5.32 Å². The molecule has 2 N–H and O–H groups in total. The molecule has 0 radical (unpaired) electrons. The number of hydrogen-bond donors (Lipinski definition) is 2. The standard InChI is InChI=1S/C11H22N2O2S/c1-2-11(5-6-11)9-13-16(14,15)8-7-12-10-3-4-10/h10,12-13H,2-9H2,1H3. The second kappa shape index (κ2) is 4.63. The first-order chi connectivity index (χ1) is 7.55. The summed E-state index contributed by atoms with van der Waals surface area (Å²) in [6, 6.07) is 0.584. The van der Waals surface area contributed by atoms with Crippen molar-refractivity contribution in [2.75, 3.05) is 18.8 Å². The molecular formula is C11H22N2O2S. The summed E-state index contributed by atoms with van der Waals surface area (Å²) in [7, 11) is -3.07. The zero-order valence-corrected chi connectivity index (χ0v) is 10.8. The van der Waals surface area contributed by atoms with Gasteiger partial charge in [0.2, 0.25) is 10.0 Å². The summed E-state index contributed by atoms with van der Waals surface area (Å²) in [5.74, 6) is 0.212. The van der Waals surface area contributed by atoms with E-state index in [1.54, 1.807) is 0 Å². The van der Waals surface area contributed by atoms with Crippen molar-refractivity contribution in [3.8, 4) is 0 Å². The molecule has 0 aliphatic heterocycles. The van der Waals surface area contributed by atoms with Gasteiger partial charge in [-0.05, 0) is 37.5 Å². The van der Waals surface area contributed by atoms with Crippen LogP contribution in [-0.4, -0.2) is 33.3 Å². The molecule has 0 bridgehead atoms. The Kier molecular flexibility index (Phi) is 3.56. The van der Waals surface area contributed by atoms with E-state index < -0.39 is 10.0 Å². The molecule has 2 saturated carbocycles. The number of nitrogens with one attached hydrogen (secondary N) is 2. The highest BCUT2D eigenvalue weighted by Crippen LogP contribution is 2.47. The molecule has 0 amide bonds. The Balaban J connectivity index is 1.65. The lowest BCUT2D eigenvalue weighted by molar-refractivity contribution is 0.475. The van der Waals surface area contributed by atoms with Crippen molar-refractivity contribution >= 4 is 10.0 Å². The quantitative estimate of drug-likeness (QED) is 0.667. The van der Waals surface area contributed by atoms with E-state index in [-0.39, 0.29) is 11.2 Å². The largest absolute Gasteiger partial charge is 0.313 e. The number of rotatable bonds is 8. The van der Waals surface area contributed by atoms with Gasteiger partial charge in [0, 0.05) is 19.1 Å². The van der Waals surface area contributed by atoms with E-state index in [0.29, 0.717) is 19.1 Å². The monoisotopic (exact) mass is 246 g/mol. The van der Waals surface area contributed by atoms with Crippen molar-refractivity contribution in [2.45, 2.75) is 45.1 Å². The Labute approximate surface area is 98.2 Å². The highest BCUT2D eigenvalue weighted by Gasteiger charge is 2.41. The molecule has 0 aromatic carbocycles. The van der Waals surface area contributed by atoms with E-state index in [4.69, 9.17) is 0 Å². The molecule has 2 rings (SSSR count). The van der Waals surface area contributed by atoms with Crippen LogP contribution in [0.4, 0.5) is 0 Å². The lowest BCUT2D eigenvalue weighted by Crippen LogP contribution is -2.35. The van der Waals surface area contributed by atoms with Gasteiger partial charge in [0.25, 0.3) is 0 Å². The van der Waals surface area contributed by atoms with Gasteiger partial charge in [0.05, 0.1) is 5.75 Å². The molecule has 0 unspecified atom stereocenters. The molecular weight excluding hydrogens is 224 g/mol. The summed E-state index contributed by atoms with van der Waals surface area (Å²) >= 11 is 0. The molecule has 0 atom stereocenters. The Morgan fingerprint density at radius 3 is 2.50 bits per heavy atom. The Bertz CT molecular complexity index is 332. The third-order valence-electron chi connectivity index (χ3n) is 3.76. The van der Waals surface area contributed by atoms with Crippen LogP contribution in [0, 0.1) is 5.41 Å². The van der Waals surface area contributed by atoms with Gasteiger partial charge in [0.15, 0.2) is 0 Å². The van der Waals surface area contributed by atoms with E-state index in [9.17, 15) is 8.42 Å². The van der Waals surface area contributed by atoms with E-state index in [1.807, 2.05) is 0 Å². The van der Waals surface area contributed by atoms with Gasteiger partial charge in [-0.15, -0.1) is 0 Å². The fraction of sp³-hybridized carbons (Fsp3) is 1.00. The van der Waals surface area contributed by atoms with E-state index in [0.717, 1.165) is 6.42 Å². The molecule has 4 nitrogen and oxygen atoms in total. The van der Waals surface area contributed by atoms with Crippen molar-refractivity contribution < 1.29 is 8.42 Å². The maximum Gasteiger partial charge on any atom is 0.212 e. The summed E-state index contributed by atoms with van der Waals surface area (Å²) in [5.41, 5.74) is 0.289. The molecule has 0 aromatic rings. The third-order valence-corrected chi connectivity index (χ3v) is 5.08. The van der Waals surface area contributed by atoms with Crippen LogP contribution >= 0.6 is 0 Å². The van der Waals surface area contributed by atoms with Crippen molar-refractivity contribution in [1.82, 2.24) is 10.0 Å². The summed E-state index contributed by atoms with van der Waals surface area (Å²) in [4.78, 5) is 0. The van der Waals surface area contributed by atoms with Crippen LogP contribution in [-0.2, 0) is 10.0 Å². The minimum absolute atomic E-state index is 0.212. The molecule has 0 heterocycles. The van der Waals surface area contributed by atoms with Gasteiger partial charge in [0.1, 0.15) is 0 Å². The molecule has 0 spiro atoms. The Morgan fingerprint density at radius 1 is 1.31 bits per heavy atom. The van der Waals surface area contributed by atoms with Crippen LogP contribution < -0.4 is 10.0 Å². The molecule has 0 aromatic heterocycles. The third kappa shape index (κ3) is 3.71. The van der Waals surface area contributed by atoms with Gasteiger partial charge in [-0.2, -0.15) is 0 Å². The molecule has 16 heavy (non-hydrogen) atoms. The van der Waals surface area contributed by atoms with Gasteiger partial charge >= 0.3 is 0 Å². The lowest BCUT2D eigenvalue weighted by Gasteiger charge is -2.13. The molecule has 2 aliphatic rings. The van der Waals surface area contributed by atoms with E-state index in [1.165, 1.54) is 25.7 Å². The van der Waals surface area contributed by atoms with Gasteiger partial charge in [-0.25, -0.2) is 13.1 Å². The second-order valence-corrected chi connectivity index (χ2v) is 7.15. The fourth-order valence-electron chi connectivity index (χ4n) is 1.85. The maximum absolute atomic E-state index is 11.7. The van der Waals surface area contributed by atoms with Crippen molar-refractivity contribution in [2.24, 2.45) is 5.41 Å². The first-order valence-electron chi connectivity index (χ1n) is 6.26. The summed E-state index contributed by atoms with van der Waals surface area (Å²) in [6.45, 7) is 3.35. The molecule has 94 valence electrons. The molecule has 5 heteroatoms. The minimum atomic E-state index is -3.07. The Morgan fingerprint density at radius 2 is 2.00 bits per heavy atom. The van der Waals surface area contributed by atoms with E-state index >= 15 is 0 Å². The maximum atomic E-state index is 11.7. The van der Waals surface area contributed by atoms with Crippen LogP contribution in [0.3, 0.4) is 0 Å². The smallest absolute Gasteiger partial charge is 0.212 e. The zero-order chi connectivity index (χ0) is 11.6. The van der Waals surface area contributed by atoms with Crippen LogP contribution in [0.25, 0.3) is 0 Å². The second-order valence-electron chi connectivity index (χ2n) is 5.22. The van der Waals surface area contributed by atoms with Crippen LogP contribution in [0.1, 0.15) is 39.0 Å². The normalized spacial score (nSPS) is 23.3. The van der Waals surface area contributed by atoms with E-state index in [2.05, 4.69) is 17.0 Å². The first-order valence-corrected chi connectivity index (χ1v) is 7.91. The van der Waals surface area contributed by atoms with Crippen molar-refractivity contribution in [3.63, 3.8) is 0 Å². The zero-order valence-electron chi connectivity index (χ0n) is 9.96. The predicted octanol–water partition coefficient (Wildman–Crippen LogP) is 0.848. The topological polar surface area (TPSA) is 58.2 Å². The van der Waals surface area contributed by atoms with Gasteiger partial charge in [-0.3, -0.25) is 0 Å². The summed E-state index contributed by atoms with van der Waals surface area (Å²) in [5, 5.41) is 3.22. The summed E-state index contributed by atoms with van der Waals surface area (Å²) < 4.78 is 26.1. The minimum Gasteiger partial charge on any atom is -0.313 e. The fourth-order valence-corrected chi connectivity index (χ4v) is 2.91. The van der Waals surface area contributed by atoms with Gasteiger partial charge in [-0.1, -0.05) is 6.92 Å². The summed E-state index contributed by atoms with van der Waals surface area (Å²) in [6.07, 6.45) is 5.83. The van der Waals surface area contributed by atoms with Crippen LogP contribution in [0.15, 0.2) is 0 Å². The SMILES string of the molecule is CCC1(CNS(=O)(=O)CCNC2CC2)CC1. The predicted molar refractivity (Wildman–Crippen MR) is 64.8 cm³/mol. The Hall–Kier alpha value is -0.130. The highest BCUT2D eigenvalue weighted by molar-refractivity contribution is 7.89. The molecule has 2 fully saturated rings. The van der Waals surface area contributed by atoms with Crippen molar-refractivity contribution in [1.29, 1.82) is 0 Å². The van der Waals surface area contributed by atoms with Crippen LogP contribution in [0.5, 0.6) is 0 Å². The first kappa shape index (κ1) is 12.3. The molecule has 2 aliphatic carbocycles. The molecule has 0 saturated heterocycles. The van der Waals surface area contributed by atoms with Crippen LogP contribution in [0.2, 0.25) is 0 Å². The number of sulfonamides is 1. The average molecular weight is 246 g/mol. The number of hydrogen-bond acceptors (Lipinski definition) is 3. The lowest BCUT2D eigenvalue weighted by atomic mass is 10.1.